The fourth-order valence-corrected chi connectivity index (χ4v) is 3.08. The summed E-state index contributed by atoms with van der Waals surface area (Å²) < 4.78 is 0. The number of nitrogens with zero attached hydrogens (tertiary/aromatic N) is 1. The van der Waals surface area contributed by atoms with E-state index in [2.05, 4.69) is 99.6 Å². The van der Waals surface area contributed by atoms with Crippen molar-refractivity contribution in [1.82, 2.24) is 4.90 Å². The Hall–Kier alpha value is -2.38. The first-order valence-electron chi connectivity index (χ1n) is 8.45. The summed E-state index contributed by atoms with van der Waals surface area (Å²) in [7, 11) is 4.26. The molecule has 0 heterocycles. The van der Waals surface area contributed by atoms with Crippen molar-refractivity contribution in [3.63, 3.8) is 0 Å². The molecule has 0 saturated carbocycles. The van der Waals surface area contributed by atoms with E-state index in [0.717, 1.165) is 6.54 Å². The van der Waals surface area contributed by atoms with Gasteiger partial charge in [0.05, 0.1) is 0 Å². The van der Waals surface area contributed by atoms with Gasteiger partial charge in [-0.2, -0.15) is 0 Å². The van der Waals surface area contributed by atoms with Crippen molar-refractivity contribution >= 4 is 0 Å². The topological polar surface area (TPSA) is 3.24 Å². The molecule has 0 fully saturated rings. The fourth-order valence-electron chi connectivity index (χ4n) is 3.08. The number of hydrogen-bond donors (Lipinski definition) is 0. The Morgan fingerprint density at radius 2 is 1.04 bits per heavy atom. The largest absolute Gasteiger partial charge is 0.305 e. The van der Waals surface area contributed by atoms with Crippen LogP contribution in [0.15, 0.2) is 66.7 Å². The lowest BCUT2D eigenvalue weighted by Crippen LogP contribution is -2.12. The quantitative estimate of drug-likeness (QED) is 0.597. The van der Waals surface area contributed by atoms with E-state index in [1.807, 2.05) is 0 Å². The molecule has 122 valence electrons. The van der Waals surface area contributed by atoms with Crippen LogP contribution in [0.3, 0.4) is 0 Å². The second kappa shape index (κ2) is 7.02. The SMILES string of the molecule is Cc1ccc(-c2cccc(-c3ccc(C)cc3)c2CN(C)C)cc1. The minimum atomic E-state index is 0.924. The van der Waals surface area contributed by atoms with Crippen LogP contribution in [0.25, 0.3) is 22.3 Å². The van der Waals surface area contributed by atoms with E-state index < -0.39 is 0 Å². The first-order chi connectivity index (χ1) is 11.5. The standard InChI is InChI=1S/C23H25N/c1-17-8-12-19(13-9-17)21-6-5-7-22(23(21)16-24(3)4)20-14-10-18(2)11-15-20/h5-15H,16H2,1-4H3. The van der Waals surface area contributed by atoms with Gasteiger partial charge in [0.1, 0.15) is 0 Å². The molecule has 3 rings (SSSR count). The first kappa shape index (κ1) is 16.5. The summed E-state index contributed by atoms with van der Waals surface area (Å²) in [4.78, 5) is 2.24. The van der Waals surface area contributed by atoms with Gasteiger partial charge >= 0.3 is 0 Å². The van der Waals surface area contributed by atoms with Gasteiger partial charge < -0.3 is 4.90 Å². The molecule has 3 aromatic carbocycles. The van der Waals surface area contributed by atoms with Crippen LogP contribution >= 0.6 is 0 Å². The highest BCUT2D eigenvalue weighted by Crippen LogP contribution is 2.33. The lowest BCUT2D eigenvalue weighted by molar-refractivity contribution is 0.403. The van der Waals surface area contributed by atoms with Crippen molar-refractivity contribution in [3.05, 3.63) is 83.4 Å². The summed E-state index contributed by atoms with van der Waals surface area (Å²) in [6.45, 7) is 5.19. The number of benzene rings is 3. The molecule has 0 aromatic heterocycles. The predicted octanol–water partition coefficient (Wildman–Crippen LogP) is 5.70. The highest BCUT2D eigenvalue weighted by Gasteiger charge is 2.12. The molecule has 0 amide bonds. The highest BCUT2D eigenvalue weighted by molar-refractivity contribution is 5.78. The summed E-state index contributed by atoms with van der Waals surface area (Å²) in [5.41, 5.74) is 9.18. The zero-order chi connectivity index (χ0) is 17.1. The van der Waals surface area contributed by atoms with Gasteiger partial charge in [0.15, 0.2) is 0 Å². The molecule has 0 aliphatic rings. The molecule has 0 N–H and O–H groups in total. The van der Waals surface area contributed by atoms with Gasteiger partial charge in [0, 0.05) is 6.54 Å². The van der Waals surface area contributed by atoms with Gasteiger partial charge in [0.2, 0.25) is 0 Å². The third-order valence-corrected chi connectivity index (χ3v) is 4.38. The molecule has 1 nitrogen and oxygen atoms in total. The van der Waals surface area contributed by atoms with Crippen LogP contribution in [0.1, 0.15) is 16.7 Å². The molecule has 0 spiro atoms. The zero-order valence-electron chi connectivity index (χ0n) is 15.0. The summed E-state index contributed by atoms with van der Waals surface area (Å²) >= 11 is 0. The maximum absolute atomic E-state index is 2.24. The fraction of sp³-hybridized carbons (Fsp3) is 0.217. The first-order valence-corrected chi connectivity index (χ1v) is 8.45. The number of rotatable bonds is 4. The Morgan fingerprint density at radius 3 is 1.42 bits per heavy atom. The van der Waals surface area contributed by atoms with Crippen LogP contribution in [0.5, 0.6) is 0 Å². The zero-order valence-corrected chi connectivity index (χ0v) is 15.0. The maximum atomic E-state index is 2.24. The van der Waals surface area contributed by atoms with Gasteiger partial charge in [-0.15, -0.1) is 0 Å². The van der Waals surface area contributed by atoms with E-state index in [1.54, 1.807) is 0 Å². The monoisotopic (exact) mass is 315 g/mol. The molecule has 0 saturated heterocycles. The summed E-state index contributed by atoms with van der Waals surface area (Å²) in [5, 5.41) is 0. The maximum Gasteiger partial charge on any atom is 0.0239 e. The average molecular weight is 315 g/mol. The Bertz CT molecular complexity index is 748. The van der Waals surface area contributed by atoms with Crippen molar-refractivity contribution < 1.29 is 0 Å². The van der Waals surface area contributed by atoms with Gasteiger partial charge in [-0.25, -0.2) is 0 Å². The van der Waals surface area contributed by atoms with Crippen molar-refractivity contribution in [1.29, 1.82) is 0 Å². The van der Waals surface area contributed by atoms with Crippen LogP contribution in [0.2, 0.25) is 0 Å². The Kier molecular flexibility index (Phi) is 4.82. The minimum absolute atomic E-state index is 0.924. The van der Waals surface area contributed by atoms with E-state index >= 15 is 0 Å². The summed E-state index contributed by atoms with van der Waals surface area (Å²) in [6, 6.07) is 24.3. The molecule has 0 atom stereocenters. The van der Waals surface area contributed by atoms with E-state index in [1.165, 1.54) is 38.9 Å². The van der Waals surface area contributed by atoms with Gasteiger partial charge in [-0.05, 0) is 55.8 Å². The molecule has 0 bridgehead atoms. The average Bonchev–Trinajstić information content (AvgIpc) is 2.56. The lowest BCUT2D eigenvalue weighted by Gasteiger charge is -2.19. The normalized spacial score (nSPS) is 11.0. The molecule has 24 heavy (non-hydrogen) atoms. The Balaban J connectivity index is 2.17. The molecule has 1 heteroatoms. The van der Waals surface area contributed by atoms with Crippen LogP contribution < -0.4 is 0 Å². The van der Waals surface area contributed by atoms with E-state index in [0.29, 0.717) is 0 Å². The molecule has 0 aliphatic carbocycles. The van der Waals surface area contributed by atoms with Crippen molar-refractivity contribution in [2.45, 2.75) is 20.4 Å². The Morgan fingerprint density at radius 1 is 0.625 bits per heavy atom. The van der Waals surface area contributed by atoms with Crippen LogP contribution in [0.4, 0.5) is 0 Å². The molecule has 0 radical (unpaired) electrons. The Labute approximate surface area is 145 Å². The molecule has 0 unspecified atom stereocenters. The van der Waals surface area contributed by atoms with Gasteiger partial charge in [0.25, 0.3) is 0 Å². The number of hydrogen-bond acceptors (Lipinski definition) is 1. The third-order valence-electron chi connectivity index (χ3n) is 4.38. The van der Waals surface area contributed by atoms with Gasteiger partial charge in [-0.3, -0.25) is 0 Å². The summed E-state index contributed by atoms with van der Waals surface area (Å²) in [6.07, 6.45) is 0. The molecule has 0 aliphatic heterocycles. The lowest BCUT2D eigenvalue weighted by atomic mass is 9.91. The molecule has 3 aromatic rings. The van der Waals surface area contributed by atoms with E-state index in [9.17, 15) is 0 Å². The second-order valence-electron chi connectivity index (χ2n) is 6.80. The van der Waals surface area contributed by atoms with E-state index in [-0.39, 0.29) is 0 Å². The third kappa shape index (κ3) is 3.58. The minimum Gasteiger partial charge on any atom is -0.305 e. The molecular weight excluding hydrogens is 290 g/mol. The smallest absolute Gasteiger partial charge is 0.0239 e. The summed E-state index contributed by atoms with van der Waals surface area (Å²) in [5.74, 6) is 0. The van der Waals surface area contributed by atoms with Crippen molar-refractivity contribution in [2.24, 2.45) is 0 Å². The predicted molar refractivity (Wildman–Crippen MR) is 104 cm³/mol. The van der Waals surface area contributed by atoms with Crippen LogP contribution in [0, 0.1) is 13.8 Å². The van der Waals surface area contributed by atoms with Gasteiger partial charge in [-0.1, -0.05) is 77.9 Å². The second-order valence-corrected chi connectivity index (χ2v) is 6.80. The highest BCUT2D eigenvalue weighted by atomic mass is 15.0. The van der Waals surface area contributed by atoms with Crippen LogP contribution in [-0.2, 0) is 6.54 Å². The van der Waals surface area contributed by atoms with Crippen LogP contribution in [-0.4, -0.2) is 19.0 Å². The van der Waals surface area contributed by atoms with Crippen molar-refractivity contribution in [3.8, 4) is 22.3 Å². The van der Waals surface area contributed by atoms with E-state index in [4.69, 9.17) is 0 Å². The number of aryl methyl sites for hydroxylation is 2. The van der Waals surface area contributed by atoms with Crippen molar-refractivity contribution in [2.75, 3.05) is 14.1 Å². The molecular formula is C23H25N.